The van der Waals surface area contributed by atoms with Crippen LogP contribution in [0.25, 0.3) is 0 Å². The predicted octanol–water partition coefficient (Wildman–Crippen LogP) is 9.48. The molecule has 0 aromatic heterocycles. The van der Waals surface area contributed by atoms with Crippen molar-refractivity contribution >= 4 is 0 Å². The fourth-order valence-corrected chi connectivity index (χ4v) is 9.70. The summed E-state index contributed by atoms with van der Waals surface area (Å²) in [5.74, 6) is 3.14. The van der Waals surface area contributed by atoms with Gasteiger partial charge in [0.05, 0.1) is 0 Å². The maximum absolute atomic E-state index is 10.9. The van der Waals surface area contributed by atoms with Crippen molar-refractivity contribution in [2.24, 2.45) is 28.6 Å². The number of allylic oxidation sites excluding steroid dienone is 2. The van der Waals surface area contributed by atoms with Crippen LogP contribution < -0.4 is 5.32 Å². The zero-order valence-corrected chi connectivity index (χ0v) is 24.7. The van der Waals surface area contributed by atoms with Crippen LogP contribution in [-0.2, 0) is 6.42 Å². The number of hydrogen-bond acceptors (Lipinski definition) is 2. The number of benzene rings is 2. The lowest BCUT2D eigenvalue weighted by molar-refractivity contribution is 0.0309. The third-order valence-corrected chi connectivity index (χ3v) is 11.3. The molecule has 210 valence electrons. The summed E-state index contributed by atoms with van der Waals surface area (Å²) >= 11 is 0. The van der Waals surface area contributed by atoms with Gasteiger partial charge in [0.1, 0.15) is 5.75 Å². The van der Waals surface area contributed by atoms with Crippen molar-refractivity contribution in [2.75, 3.05) is 6.54 Å². The molecular weight excluding hydrogens is 474 g/mol. The normalized spacial score (nSPS) is 33.8. The van der Waals surface area contributed by atoms with E-state index < -0.39 is 0 Å². The van der Waals surface area contributed by atoms with Gasteiger partial charge in [0, 0.05) is 12.0 Å². The minimum absolute atomic E-state index is 0.352. The second-order valence-corrected chi connectivity index (χ2v) is 14.4. The number of nitrogens with one attached hydrogen (secondary N) is 1. The van der Waals surface area contributed by atoms with Crippen LogP contribution in [-0.4, -0.2) is 11.7 Å². The standard InChI is InChI=1S/C37H51NO/c1-4-38-35-14-13-32(33-11-5-6-12-34(33)35)29-19-27(21-31(39)22-29)18-28-20-30(25-37(24-28)16-7-8-17-37)36(3)15-9-10-26(2)23-36/h5-6,9,11-12,15,19,21-22,26,28,30,32,35,38-39H,4,7-8,10,13-14,16-18,20,23-25H2,1-3H3. The lowest BCUT2D eigenvalue weighted by Gasteiger charge is -2.50. The van der Waals surface area contributed by atoms with Crippen molar-refractivity contribution in [3.63, 3.8) is 0 Å². The summed E-state index contributed by atoms with van der Waals surface area (Å²) < 4.78 is 0. The first-order chi connectivity index (χ1) is 18.9. The summed E-state index contributed by atoms with van der Waals surface area (Å²) in [6, 6.07) is 16.0. The van der Waals surface area contributed by atoms with Gasteiger partial charge in [-0.25, -0.2) is 0 Å². The van der Waals surface area contributed by atoms with E-state index in [2.05, 4.69) is 80.7 Å². The minimum atomic E-state index is 0.352. The maximum atomic E-state index is 10.9. The molecule has 4 aliphatic carbocycles. The second kappa shape index (κ2) is 11.1. The molecule has 6 atom stereocenters. The molecule has 2 aromatic carbocycles. The Bertz CT molecular complexity index is 1180. The van der Waals surface area contributed by atoms with Crippen LogP contribution >= 0.6 is 0 Å². The van der Waals surface area contributed by atoms with E-state index in [1.165, 1.54) is 80.0 Å². The van der Waals surface area contributed by atoms with Gasteiger partial charge in [0.25, 0.3) is 0 Å². The Kier molecular flexibility index (Phi) is 7.70. The molecule has 39 heavy (non-hydrogen) atoms. The largest absolute Gasteiger partial charge is 0.508 e. The van der Waals surface area contributed by atoms with Gasteiger partial charge >= 0.3 is 0 Å². The fourth-order valence-electron chi connectivity index (χ4n) is 9.70. The molecule has 0 amide bonds. The molecule has 2 saturated carbocycles. The van der Waals surface area contributed by atoms with Crippen LogP contribution in [0.2, 0.25) is 0 Å². The highest BCUT2D eigenvalue weighted by Gasteiger charge is 2.47. The molecule has 1 spiro atoms. The molecule has 0 heterocycles. The molecular formula is C37H51NO. The van der Waals surface area contributed by atoms with E-state index in [4.69, 9.17) is 0 Å². The Morgan fingerprint density at radius 1 is 0.974 bits per heavy atom. The first kappa shape index (κ1) is 27.1. The minimum Gasteiger partial charge on any atom is -0.508 e. The van der Waals surface area contributed by atoms with E-state index in [0.717, 1.165) is 43.6 Å². The quantitative estimate of drug-likeness (QED) is 0.368. The summed E-state index contributed by atoms with van der Waals surface area (Å²) in [5, 5.41) is 14.6. The third-order valence-electron chi connectivity index (χ3n) is 11.3. The summed E-state index contributed by atoms with van der Waals surface area (Å²) in [6.45, 7) is 8.22. The van der Waals surface area contributed by atoms with Crippen molar-refractivity contribution in [3.8, 4) is 5.75 Å². The third kappa shape index (κ3) is 5.61. The first-order valence-electron chi connectivity index (χ1n) is 16.2. The number of phenolic OH excluding ortho intramolecular Hbond substituents is 1. The number of aromatic hydroxyl groups is 1. The Balaban J connectivity index is 1.26. The highest BCUT2D eigenvalue weighted by Crippen LogP contribution is 2.58. The predicted molar refractivity (Wildman–Crippen MR) is 163 cm³/mol. The van der Waals surface area contributed by atoms with Crippen molar-refractivity contribution < 1.29 is 5.11 Å². The summed E-state index contributed by atoms with van der Waals surface area (Å²) in [5.41, 5.74) is 6.47. The molecule has 0 aliphatic heterocycles. The van der Waals surface area contributed by atoms with E-state index in [1.54, 1.807) is 0 Å². The molecule has 0 radical (unpaired) electrons. The Morgan fingerprint density at radius 3 is 2.54 bits per heavy atom. The van der Waals surface area contributed by atoms with Gasteiger partial charge in [0.15, 0.2) is 0 Å². The monoisotopic (exact) mass is 525 g/mol. The summed E-state index contributed by atoms with van der Waals surface area (Å²) in [4.78, 5) is 0. The topological polar surface area (TPSA) is 32.3 Å². The van der Waals surface area contributed by atoms with Gasteiger partial charge in [-0.1, -0.05) is 76.1 Å². The number of rotatable bonds is 6. The highest BCUT2D eigenvalue weighted by atomic mass is 16.3. The molecule has 2 N–H and O–H groups in total. The Hall–Kier alpha value is -2.06. The average Bonchev–Trinajstić information content (AvgIpc) is 3.35. The second-order valence-electron chi connectivity index (χ2n) is 14.4. The van der Waals surface area contributed by atoms with E-state index >= 15 is 0 Å². The van der Waals surface area contributed by atoms with Crippen LogP contribution in [0.5, 0.6) is 5.75 Å². The van der Waals surface area contributed by atoms with Gasteiger partial charge in [-0.05, 0) is 134 Å². The van der Waals surface area contributed by atoms with Crippen LogP contribution in [0.15, 0.2) is 54.6 Å². The molecule has 2 heteroatoms. The van der Waals surface area contributed by atoms with Gasteiger partial charge in [0.2, 0.25) is 0 Å². The Morgan fingerprint density at radius 2 is 1.77 bits per heavy atom. The van der Waals surface area contributed by atoms with Crippen molar-refractivity contribution in [1.29, 1.82) is 0 Å². The van der Waals surface area contributed by atoms with E-state index in [0.29, 0.717) is 28.5 Å². The van der Waals surface area contributed by atoms with E-state index in [1.807, 2.05) is 0 Å². The van der Waals surface area contributed by atoms with Gasteiger partial charge in [-0.3, -0.25) is 0 Å². The van der Waals surface area contributed by atoms with Crippen LogP contribution in [0.1, 0.15) is 126 Å². The van der Waals surface area contributed by atoms with Crippen LogP contribution in [0, 0.1) is 28.6 Å². The van der Waals surface area contributed by atoms with Gasteiger partial charge < -0.3 is 10.4 Å². The smallest absolute Gasteiger partial charge is 0.116 e. The summed E-state index contributed by atoms with van der Waals surface area (Å²) in [7, 11) is 0. The first-order valence-corrected chi connectivity index (χ1v) is 16.2. The molecule has 4 aliphatic rings. The average molecular weight is 526 g/mol. The molecule has 6 unspecified atom stereocenters. The SMILES string of the molecule is CCNC1CCC(c2cc(O)cc(CC3CC(C4(C)C=CCC(C)C4)CC4(CCCC4)C3)c2)c2ccccc21. The lowest BCUT2D eigenvalue weighted by atomic mass is 9.55. The van der Waals surface area contributed by atoms with Gasteiger partial charge in [-0.15, -0.1) is 0 Å². The molecule has 2 fully saturated rings. The van der Waals surface area contributed by atoms with E-state index in [-0.39, 0.29) is 0 Å². The summed E-state index contributed by atoms with van der Waals surface area (Å²) in [6.07, 6.45) is 21.0. The van der Waals surface area contributed by atoms with E-state index in [9.17, 15) is 5.11 Å². The molecule has 2 nitrogen and oxygen atoms in total. The van der Waals surface area contributed by atoms with Gasteiger partial charge in [-0.2, -0.15) is 0 Å². The Labute approximate surface area is 237 Å². The van der Waals surface area contributed by atoms with Crippen molar-refractivity contribution in [3.05, 3.63) is 76.9 Å². The molecule has 6 rings (SSSR count). The van der Waals surface area contributed by atoms with Crippen molar-refractivity contribution in [2.45, 2.75) is 110 Å². The fraction of sp³-hybridized carbons (Fsp3) is 0.622. The number of fused-ring (bicyclic) bond motifs is 1. The lowest BCUT2D eigenvalue weighted by Crippen LogP contribution is -2.40. The number of hydrogen-bond donors (Lipinski definition) is 2. The molecule has 0 bridgehead atoms. The van der Waals surface area contributed by atoms with Crippen molar-refractivity contribution in [1.82, 2.24) is 5.32 Å². The highest BCUT2D eigenvalue weighted by molar-refractivity contribution is 5.45. The zero-order valence-electron chi connectivity index (χ0n) is 24.7. The molecule has 2 aromatic rings. The van der Waals surface area contributed by atoms with Crippen LogP contribution in [0.3, 0.4) is 0 Å². The maximum Gasteiger partial charge on any atom is 0.116 e. The van der Waals surface area contributed by atoms with Crippen LogP contribution in [0.4, 0.5) is 0 Å². The molecule has 0 saturated heterocycles. The number of phenols is 1. The zero-order chi connectivity index (χ0) is 27.0.